The van der Waals surface area contributed by atoms with E-state index in [0.717, 1.165) is 35.1 Å². The number of nitrogens with one attached hydrogen (secondary N) is 1. The zero-order valence-corrected chi connectivity index (χ0v) is 21.7. The smallest absolute Gasteiger partial charge is 0.264 e. The molecule has 0 unspecified atom stereocenters. The summed E-state index contributed by atoms with van der Waals surface area (Å²) in [5.41, 5.74) is 2.39. The number of carbonyl (C=O) groups is 1. The van der Waals surface area contributed by atoms with Gasteiger partial charge in [-0.1, -0.05) is 12.1 Å². The predicted octanol–water partition coefficient (Wildman–Crippen LogP) is 4.73. The summed E-state index contributed by atoms with van der Waals surface area (Å²) >= 11 is 0. The average Bonchev–Trinajstić information content (AvgIpc) is 2.92. The van der Waals surface area contributed by atoms with Gasteiger partial charge < -0.3 is 15.0 Å². The van der Waals surface area contributed by atoms with Crippen LogP contribution in [0.15, 0.2) is 77.7 Å². The van der Waals surface area contributed by atoms with Crippen molar-refractivity contribution in [2.75, 3.05) is 35.4 Å². The van der Waals surface area contributed by atoms with Gasteiger partial charge in [-0.2, -0.15) is 0 Å². The van der Waals surface area contributed by atoms with Crippen molar-refractivity contribution in [3.05, 3.63) is 84.2 Å². The predicted molar refractivity (Wildman–Crippen MR) is 143 cm³/mol. The van der Waals surface area contributed by atoms with Crippen LogP contribution < -0.4 is 19.3 Å². The molecule has 0 aromatic heterocycles. The van der Waals surface area contributed by atoms with Gasteiger partial charge >= 0.3 is 0 Å². The van der Waals surface area contributed by atoms with E-state index in [1.54, 1.807) is 24.3 Å². The van der Waals surface area contributed by atoms with Crippen LogP contribution in [0, 0.1) is 5.82 Å². The highest BCUT2D eigenvalue weighted by molar-refractivity contribution is 7.92. The third-order valence-corrected chi connectivity index (χ3v) is 8.06. The monoisotopic (exact) mass is 525 g/mol. The Morgan fingerprint density at radius 3 is 2.22 bits per heavy atom. The molecule has 3 aromatic carbocycles. The zero-order chi connectivity index (χ0) is 26.3. The molecule has 0 saturated carbocycles. The Morgan fingerprint density at radius 1 is 0.946 bits per heavy atom. The van der Waals surface area contributed by atoms with E-state index in [9.17, 15) is 17.6 Å². The number of piperidine rings is 1. The van der Waals surface area contributed by atoms with E-state index in [0.29, 0.717) is 18.0 Å². The molecule has 0 radical (unpaired) electrons. The number of hydrogen-bond donors (Lipinski definition) is 1. The lowest BCUT2D eigenvalue weighted by Gasteiger charge is -2.28. The fraction of sp³-hybridized carbons (Fsp3) is 0.321. The second kappa shape index (κ2) is 12.1. The molecule has 1 aliphatic heterocycles. The van der Waals surface area contributed by atoms with Gasteiger partial charge in [-0.15, -0.1) is 0 Å². The number of carbonyl (C=O) groups excluding carboxylic acids is 1. The maximum absolute atomic E-state index is 13.4. The number of amides is 1. The van der Waals surface area contributed by atoms with Crippen LogP contribution in [0.1, 0.15) is 31.7 Å². The van der Waals surface area contributed by atoms with Crippen LogP contribution in [-0.2, 0) is 21.4 Å². The first-order valence-corrected chi connectivity index (χ1v) is 13.9. The molecule has 0 spiro atoms. The standard InChI is InChI=1S/C28H32FN3O4S/c1-2-36-26-14-12-25(13-15-26)32(37(34,35)27-16-8-23(29)9-17-27)21-28(33)30-20-22-6-10-24(11-7-22)31-18-4-3-5-19-31/h6-17H,2-5,18-21H2,1H3,(H,30,33). The lowest BCUT2D eigenvalue weighted by atomic mass is 10.1. The number of hydrogen-bond acceptors (Lipinski definition) is 5. The largest absolute Gasteiger partial charge is 0.494 e. The molecular weight excluding hydrogens is 493 g/mol. The maximum Gasteiger partial charge on any atom is 0.264 e. The van der Waals surface area contributed by atoms with Gasteiger partial charge in [0.25, 0.3) is 10.0 Å². The fourth-order valence-electron chi connectivity index (χ4n) is 4.29. The third-order valence-electron chi connectivity index (χ3n) is 6.27. The molecule has 1 saturated heterocycles. The molecule has 1 aliphatic rings. The molecule has 1 fully saturated rings. The van der Waals surface area contributed by atoms with Gasteiger partial charge in [-0.25, -0.2) is 12.8 Å². The highest BCUT2D eigenvalue weighted by Crippen LogP contribution is 2.26. The highest BCUT2D eigenvalue weighted by Gasteiger charge is 2.27. The summed E-state index contributed by atoms with van der Waals surface area (Å²) < 4.78 is 46.8. The molecule has 4 rings (SSSR count). The maximum atomic E-state index is 13.4. The number of anilines is 2. The molecule has 0 bridgehead atoms. The van der Waals surface area contributed by atoms with Crippen molar-refractivity contribution >= 4 is 27.3 Å². The summed E-state index contributed by atoms with van der Waals surface area (Å²) in [7, 11) is -4.13. The molecular formula is C28H32FN3O4S. The highest BCUT2D eigenvalue weighted by atomic mass is 32.2. The zero-order valence-electron chi connectivity index (χ0n) is 20.9. The topological polar surface area (TPSA) is 79.0 Å². The molecule has 1 amide bonds. The fourth-order valence-corrected chi connectivity index (χ4v) is 5.71. The SMILES string of the molecule is CCOc1ccc(N(CC(=O)NCc2ccc(N3CCCCC3)cc2)S(=O)(=O)c2ccc(F)cc2)cc1. The van der Waals surface area contributed by atoms with Gasteiger partial charge in [0.2, 0.25) is 5.91 Å². The molecule has 7 nitrogen and oxygen atoms in total. The number of benzene rings is 3. The van der Waals surface area contributed by atoms with Crippen LogP contribution in [-0.4, -0.2) is 40.6 Å². The molecule has 0 aliphatic carbocycles. The lowest BCUT2D eigenvalue weighted by Crippen LogP contribution is -2.40. The molecule has 1 heterocycles. The van der Waals surface area contributed by atoms with Gasteiger partial charge in [0.1, 0.15) is 18.1 Å². The van der Waals surface area contributed by atoms with E-state index in [1.807, 2.05) is 19.1 Å². The van der Waals surface area contributed by atoms with Gasteiger partial charge in [0, 0.05) is 25.3 Å². The lowest BCUT2D eigenvalue weighted by molar-refractivity contribution is -0.119. The summed E-state index contributed by atoms with van der Waals surface area (Å²) in [6.07, 6.45) is 3.66. The third kappa shape index (κ3) is 6.80. The normalized spacial score (nSPS) is 13.7. The number of halogens is 1. The second-order valence-corrected chi connectivity index (χ2v) is 10.7. The van der Waals surface area contributed by atoms with Crippen molar-refractivity contribution in [1.82, 2.24) is 5.32 Å². The van der Waals surface area contributed by atoms with Crippen LogP contribution in [0.2, 0.25) is 0 Å². The van der Waals surface area contributed by atoms with Crippen LogP contribution in [0.3, 0.4) is 0 Å². The Labute approximate surface area is 217 Å². The van der Waals surface area contributed by atoms with Gasteiger partial charge in [0.05, 0.1) is 17.2 Å². The second-order valence-electron chi connectivity index (χ2n) is 8.88. The number of ether oxygens (including phenoxy) is 1. The van der Waals surface area contributed by atoms with Crippen molar-refractivity contribution in [1.29, 1.82) is 0 Å². The molecule has 0 atom stereocenters. The first-order chi connectivity index (χ1) is 17.9. The van der Waals surface area contributed by atoms with Crippen molar-refractivity contribution in [2.24, 2.45) is 0 Å². The Morgan fingerprint density at radius 2 is 1.59 bits per heavy atom. The Kier molecular flexibility index (Phi) is 8.66. The number of nitrogens with zero attached hydrogens (tertiary/aromatic N) is 2. The van der Waals surface area contributed by atoms with Crippen molar-refractivity contribution in [3.8, 4) is 5.75 Å². The first kappa shape index (κ1) is 26.5. The summed E-state index contributed by atoms with van der Waals surface area (Å²) in [6, 6.07) is 19.1. The Balaban J connectivity index is 1.47. The van der Waals surface area contributed by atoms with Crippen molar-refractivity contribution in [2.45, 2.75) is 37.6 Å². The van der Waals surface area contributed by atoms with Gasteiger partial charge in [-0.05, 0) is 92.4 Å². The first-order valence-electron chi connectivity index (χ1n) is 12.5. The van der Waals surface area contributed by atoms with E-state index in [2.05, 4.69) is 22.3 Å². The van der Waals surface area contributed by atoms with Crippen LogP contribution in [0.4, 0.5) is 15.8 Å². The number of sulfonamides is 1. The van der Waals surface area contributed by atoms with E-state index >= 15 is 0 Å². The summed E-state index contributed by atoms with van der Waals surface area (Å²) in [5, 5.41) is 2.82. The van der Waals surface area contributed by atoms with E-state index in [1.165, 1.54) is 37.1 Å². The van der Waals surface area contributed by atoms with Gasteiger partial charge in [-0.3, -0.25) is 9.10 Å². The van der Waals surface area contributed by atoms with Crippen molar-refractivity contribution < 1.29 is 22.3 Å². The summed E-state index contributed by atoms with van der Waals surface area (Å²) in [5.74, 6) is -0.418. The quantitative estimate of drug-likeness (QED) is 0.414. The summed E-state index contributed by atoms with van der Waals surface area (Å²) in [6.45, 7) is 4.27. The van der Waals surface area contributed by atoms with Crippen LogP contribution in [0.25, 0.3) is 0 Å². The van der Waals surface area contributed by atoms with Crippen molar-refractivity contribution in [3.63, 3.8) is 0 Å². The summed E-state index contributed by atoms with van der Waals surface area (Å²) in [4.78, 5) is 15.2. The molecule has 37 heavy (non-hydrogen) atoms. The van der Waals surface area contributed by atoms with Gasteiger partial charge in [0.15, 0.2) is 0 Å². The van der Waals surface area contributed by atoms with E-state index in [-0.39, 0.29) is 11.4 Å². The Hall–Kier alpha value is -3.59. The molecule has 3 aromatic rings. The van der Waals surface area contributed by atoms with E-state index in [4.69, 9.17) is 4.74 Å². The van der Waals surface area contributed by atoms with E-state index < -0.39 is 28.3 Å². The van der Waals surface area contributed by atoms with Crippen LogP contribution in [0.5, 0.6) is 5.75 Å². The average molecular weight is 526 g/mol. The molecule has 9 heteroatoms. The minimum atomic E-state index is -4.13. The molecule has 196 valence electrons. The Bertz CT molecular complexity index is 1270. The van der Waals surface area contributed by atoms with Crippen LogP contribution >= 0.6 is 0 Å². The number of rotatable bonds is 10. The molecule has 1 N–H and O–H groups in total. The minimum Gasteiger partial charge on any atom is -0.494 e. The minimum absolute atomic E-state index is 0.108.